The molecule has 0 aliphatic heterocycles. The van der Waals surface area contributed by atoms with Gasteiger partial charge in [0.2, 0.25) is 11.0 Å². The fraction of sp³-hybridized carbons (Fsp3) is 0.667. The average molecular weight is 272 g/mol. The predicted octanol–water partition coefficient (Wildman–Crippen LogP) is 2.11. The molecular formula is C9H9Cl3O3. The molecule has 84 valence electrons. The number of hydrogen-bond donors (Lipinski definition) is 0. The van der Waals surface area contributed by atoms with E-state index in [-0.39, 0.29) is 11.8 Å². The van der Waals surface area contributed by atoms with Crippen molar-refractivity contribution in [3.8, 4) is 0 Å². The summed E-state index contributed by atoms with van der Waals surface area (Å²) in [4.78, 5) is 33.0. The number of rotatable bonds is 3. The topological polar surface area (TPSA) is 51.2 Å². The standard InChI is InChI=1S/C9H9Cl3O3/c10-6-2-4(7(13)9(12)15)1-5(3-6)8(11)14/h4-6H,1-3H2/t4-,5+,6-/m0/s1. The Morgan fingerprint density at radius 3 is 1.93 bits per heavy atom. The first-order valence-electron chi connectivity index (χ1n) is 4.49. The normalized spacial score (nSPS) is 31.0. The molecule has 1 aliphatic carbocycles. The average Bonchev–Trinajstić information content (AvgIpc) is 2.15. The molecule has 3 atom stereocenters. The van der Waals surface area contributed by atoms with Crippen molar-refractivity contribution in [1.29, 1.82) is 0 Å². The van der Waals surface area contributed by atoms with Crippen molar-refractivity contribution in [2.45, 2.75) is 24.6 Å². The lowest BCUT2D eigenvalue weighted by atomic mass is 9.80. The van der Waals surface area contributed by atoms with Gasteiger partial charge in [0, 0.05) is 17.2 Å². The molecule has 0 heterocycles. The third-order valence-electron chi connectivity index (χ3n) is 2.54. The largest absolute Gasteiger partial charge is 0.289 e. The Labute approximate surface area is 102 Å². The minimum absolute atomic E-state index is 0.267. The monoisotopic (exact) mass is 270 g/mol. The van der Waals surface area contributed by atoms with Gasteiger partial charge in [-0.15, -0.1) is 11.6 Å². The van der Waals surface area contributed by atoms with Crippen LogP contribution in [0.3, 0.4) is 0 Å². The first kappa shape index (κ1) is 12.9. The van der Waals surface area contributed by atoms with Crippen LogP contribution >= 0.6 is 34.8 Å². The van der Waals surface area contributed by atoms with Crippen molar-refractivity contribution in [1.82, 2.24) is 0 Å². The number of hydrogen-bond acceptors (Lipinski definition) is 3. The molecule has 0 bridgehead atoms. The Morgan fingerprint density at radius 1 is 0.933 bits per heavy atom. The molecule has 1 fully saturated rings. The smallest absolute Gasteiger partial charge is 0.288 e. The molecule has 15 heavy (non-hydrogen) atoms. The second-order valence-corrected chi connectivity index (χ2v) is 4.97. The van der Waals surface area contributed by atoms with Crippen LogP contribution in [0.2, 0.25) is 0 Å². The molecule has 0 unspecified atom stereocenters. The van der Waals surface area contributed by atoms with E-state index < -0.39 is 28.1 Å². The van der Waals surface area contributed by atoms with Crippen molar-refractivity contribution in [3.63, 3.8) is 0 Å². The second kappa shape index (κ2) is 5.28. The summed E-state index contributed by atoms with van der Waals surface area (Å²) in [7, 11) is 0. The lowest BCUT2D eigenvalue weighted by Crippen LogP contribution is -2.33. The molecule has 0 aromatic rings. The fourth-order valence-electron chi connectivity index (χ4n) is 1.81. The molecule has 1 aliphatic rings. The highest BCUT2D eigenvalue weighted by Crippen LogP contribution is 2.34. The summed E-state index contributed by atoms with van der Waals surface area (Å²) in [6.45, 7) is 0. The van der Waals surface area contributed by atoms with E-state index >= 15 is 0 Å². The van der Waals surface area contributed by atoms with E-state index in [0.29, 0.717) is 12.8 Å². The van der Waals surface area contributed by atoms with Gasteiger partial charge in [0.05, 0.1) is 0 Å². The van der Waals surface area contributed by atoms with Gasteiger partial charge in [0.1, 0.15) is 0 Å². The zero-order valence-corrected chi connectivity index (χ0v) is 9.98. The molecule has 0 spiro atoms. The Balaban J connectivity index is 2.71. The van der Waals surface area contributed by atoms with Crippen molar-refractivity contribution < 1.29 is 14.4 Å². The zero-order valence-electron chi connectivity index (χ0n) is 7.71. The van der Waals surface area contributed by atoms with Gasteiger partial charge in [-0.3, -0.25) is 14.4 Å². The number of Topliss-reactive ketones (excluding diaryl/α,β-unsaturated/α-hetero) is 1. The molecule has 0 aromatic carbocycles. The first-order valence-corrected chi connectivity index (χ1v) is 5.68. The van der Waals surface area contributed by atoms with Crippen LogP contribution in [-0.4, -0.2) is 21.6 Å². The minimum Gasteiger partial charge on any atom is -0.289 e. The minimum atomic E-state index is -1.01. The van der Waals surface area contributed by atoms with Crippen molar-refractivity contribution in [2.24, 2.45) is 11.8 Å². The molecule has 6 heteroatoms. The maximum Gasteiger partial charge on any atom is 0.288 e. The second-order valence-electron chi connectivity index (χ2n) is 3.64. The van der Waals surface area contributed by atoms with Gasteiger partial charge in [0.25, 0.3) is 5.24 Å². The predicted molar refractivity (Wildman–Crippen MR) is 57.2 cm³/mol. The van der Waals surface area contributed by atoms with Crippen LogP contribution in [0.5, 0.6) is 0 Å². The summed E-state index contributed by atoms with van der Waals surface area (Å²) >= 11 is 16.3. The Hall–Kier alpha value is -0.120. The lowest BCUT2D eigenvalue weighted by Gasteiger charge is -2.28. The van der Waals surface area contributed by atoms with Gasteiger partial charge in [-0.25, -0.2) is 0 Å². The number of halogens is 3. The third kappa shape index (κ3) is 3.44. The van der Waals surface area contributed by atoms with E-state index in [2.05, 4.69) is 0 Å². The Kier molecular flexibility index (Phi) is 4.56. The first-order chi connectivity index (χ1) is 6.91. The van der Waals surface area contributed by atoms with Crippen LogP contribution in [-0.2, 0) is 14.4 Å². The summed E-state index contributed by atoms with van der Waals surface area (Å²) in [5.41, 5.74) is 0. The number of alkyl halides is 1. The maximum absolute atomic E-state index is 11.3. The zero-order chi connectivity index (χ0) is 11.6. The van der Waals surface area contributed by atoms with Gasteiger partial charge in [-0.05, 0) is 42.5 Å². The lowest BCUT2D eigenvalue weighted by molar-refractivity contribution is -0.136. The maximum atomic E-state index is 11.3. The summed E-state index contributed by atoms with van der Waals surface area (Å²) in [6.07, 6.45) is 1.09. The van der Waals surface area contributed by atoms with Crippen LogP contribution in [0.15, 0.2) is 0 Å². The Bertz CT molecular complexity index is 303. The van der Waals surface area contributed by atoms with Gasteiger partial charge in [-0.2, -0.15) is 0 Å². The van der Waals surface area contributed by atoms with E-state index in [4.69, 9.17) is 34.8 Å². The fourth-order valence-corrected chi connectivity index (χ4v) is 2.57. The molecular weight excluding hydrogens is 262 g/mol. The van der Waals surface area contributed by atoms with Crippen molar-refractivity contribution in [2.75, 3.05) is 0 Å². The van der Waals surface area contributed by atoms with Crippen LogP contribution in [0.1, 0.15) is 19.3 Å². The van der Waals surface area contributed by atoms with Crippen LogP contribution in [0.25, 0.3) is 0 Å². The van der Waals surface area contributed by atoms with E-state index in [9.17, 15) is 14.4 Å². The van der Waals surface area contributed by atoms with Gasteiger partial charge < -0.3 is 0 Å². The van der Waals surface area contributed by atoms with E-state index in [0.717, 1.165) is 0 Å². The summed E-state index contributed by atoms with van der Waals surface area (Å²) in [5, 5.41) is -1.83. The summed E-state index contributed by atoms with van der Waals surface area (Å²) in [6, 6.07) is 0. The highest BCUT2D eigenvalue weighted by molar-refractivity contribution is 6.81. The van der Waals surface area contributed by atoms with E-state index in [1.165, 1.54) is 0 Å². The van der Waals surface area contributed by atoms with Crippen LogP contribution < -0.4 is 0 Å². The highest BCUT2D eigenvalue weighted by Gasteiger charge is 2.36. The van der Waals surface area contributed by atoms with Gasteiger partial charge in [0.15, 0.2) is 0 Å². The van der Waals surface area contributed by atoms with Crippen LogP contribution in [0, 0.1) is 11.8 Å². The van der Waals surface area contributed by atoms with E-state index in [1.54, 1.807) is 0 Å². The number of carbonyl (C=O) groups is 3. The number of ketones is 1. The molecule has 0 amide bonds. The van der Waals surface area contributed by atoms with Crippen molar-refractivity contribution in [3.05, 3.63) is 0 Å². The molecule has 1 saturated carbocycles. The third-order valence-corrected chi connectivity index (χ3v) is 3.39. The van der Waals surface area contributed by atoms with Gasteiger partial charge in [-0.1, -0.05) is 0 Å². The Morgan fingerprint density at radius 2 is 1.47 bits per heavy atom. The number of carbonyl (C=O) groups excluding carboxylic acids is 3. The summed E-state index contributed by atoms with van der Waals surface area (Å²) < 4.78 is 0. The quantitative estimate of drug-likeness (QED) is 0.449. The summed E-state index contributed by atoms with van der Waals surface area (Å²) in [5.74, 6) is -1.70. The molecule has 0 saturated heterocycles. The molecule has 3 nitrogen and oxygen atoms in total. The molecule has 0 aromatic heterocycles. The van der Waals surface area contributed by atoms with Crippen LogP contribution in [0.4, 0.5) is 0 Å². The SMILES string of the molecule is O=C(Cl)C(=O)[C@@H]1C[C@H](Cl)C[C@H](C(=O)Cl)C1. The van der Waals surface area contributed by atoms with Gasteiger partial charge >= 0.3 is 0 Å². The molecule has 0 N–H and O–H groups in total. The highest BCUT2D eigenvalue weighted by atomic mass is 35.5. The van der Waals surface area contributed by atoms with E-state index in [1.807, 2.05) is 0 Å². The van der Waals surface area contributed by atoms with Crippen molar-refractivity contribution >= 4 is 51.1 Å². The molecule has 0 radical (unpaired) electrons. The molecule has 1 rings (SSSR count).